The van der Waals surface area contributed by atoms with Crippen molar-refractivity contribution in [3.63, 3.8) is 0 Å². The maximum atomic E-state index is 12.2. The number of rotatable bonds is 4. The number of carbonyl (C=O) groups excluding carboxylic acids is 1. The Bertz CT molecular complexity index is 388. The zero-order valence-electron chi connectivity index (χ0n) is 11.1. The maximum absolute atomic E-state index is 12.2. The van der Waals surface area contributed by atoms with E-state index in [1.807, 2.05) is 0 Å². The molecule has 0 aromatic rings. The Balaban J connectivity index is 2.76. The van der Waals surface area contributed by atoms with Gasteiger partial charge in [-0.2, -0.15) is 0 Å². The number of carbonyl (C=O) groups is 1. The molecular weight excluding hydrogens is 256 g/mol. The molecule has 0 amide bonds. The van der Waals surface area contributed by atoms with Crippen LogP contribution in [-0.4, -0.2) is 50.2 Å². The third-order valence-corrected chi connectivity index (χ3v) is 5.82. The van der Waals surface area contributed by atoms with E-state index in [4.69, 9.17) is 5.73 Å². The molecule has 1 aliphatic rings. The fourth-order valence-corrected chi connectivity index (χ4v) is 3.67. The van der Waals surface area contributed by atoms with E-state index in [0.29, 0.717) is 0 Å². The van der Waals surface area contributed by atoms with Crippen molar-refractivity contribution >= 4 is 16.0 Å². The molecule has 0 aliphatic heterocycles. The van der Waals surface area contributed by atoms with E-state index in [2.05, 4.69) is 4.74 Å². The van der Waals surface area contributed by atoms with Gasteiger partial charge in [-0.15, -0.1) is 0 Å². The summed E-state index contributed by atoms with van der Waals surface area (Å²) in [5.74, 6) is -0.727. The highest BCUT2D eigenvalue weighted by Gasteiger charge is 2.37. The number of esters is 1. The molecule has 6 nitrogen and oxygen atoms in total. The van der Waals surface area contributed by atoms with Crippen molar-refractivity contribution in [3.05, 3.63) is 0 Å². The van der Waals surface area contributed by atoms with Gasteiger partial charge in [-0.3, -0.25) is 4.79 Å². The van der Waals surface area contributed by atoms with Crippen LogP contribution in [-0.2, 0) is 19.6 Å². The van der Waals surface area contributed by atoms with Crippen molar-refractivity contribution in [1.29, 1.82) is 0 Å². The van der Waals surface area contributed by atoms with Gasteiger partial charge in [-0.25, -0.2) is 12.7 Å². The van der Waals surface area contributed by atoms with Crippen molar-refractivity contribution in [2.75, 3.05) is 14.2 Å². The summed E-state index contributed by atoms with van der Waals surface area (Å²) >= 11 is 0. The van der Waals surface area contributed by atoms with E-state index in [1.54, 1.807) is 0 Å². The number of hydrogen-bond acceptors (Lipinski definition) is 5. The van der Waals surface area contributed by atoms with Gasteiger partial charge in [0.05, 0.1) is 7.11 Å². The van der Waals surface area contributed by atoms with Gasteiger partial charge < -0.3 is 10.5 Å². The highest BCUT2D eigenvalue weighted by atomic mass is 32.2. The van der Waals surface area contributed by atoms with Gasteiger partial charge in [0.25, 0.3) is 0 Å². The summed E-state index contributed by atoms with van der Waals surface area (Å²) in [5.41, 5.74) is 5.79. The predicted molar refractivity (Wildman–Crippen MR) is 68.4 cm³/mol. The highest BCUT2D eigenvalue weighted by Crippen LogP contribution is 2.24. The van der Waals surface area contributed by atoms with Crippen LogP contribution >= 0.6 is 0 Å². The van der Waals surface area contributed by atoms with Crippen molar-refractivity contribution in [2.45, 2.75) is 49.9 Å². The van der Waals surface area contributed by atoms with Gasteiger partial charge >= 0.3 is 5.97 Å². The van der Waals surface area contributed by atoms with Crippen LogP contribution in [0, 0.1) is 0 Å². The molecular formula is C11H22N2O4S. The third kappa shape index (κ3) is 3.21. The van der Waals surface area contributed by atoms with Crippen LogP contribution in [0.4, 0.5) is 0 Å². The van der Waals surface area contributed by atoms with Gasteiger partial charge in [0.1, 0.15) is 0 Å². The first-order chi connectivity index (χ1) is 8.30. The summed E-state index contributed by atoms with van der Waals surface area (Å²) in [6.07, 6.45) is 3.11. The molecule has 0 heterocycles. The van der Waals surface area contributed by atoms with E-state index < -0.39 is 21.2 Å². The Hall–Kier alpha value is -0.660. The molecule has 0 radical (unpaired) electrons. The molecule has 0 bridgehead atoms. The van der Waals surface area contributed by atoms with Crippen LogP contribution < -0.4 is 5.73 Å². The summed E-state index contributed by atoms with van der Waals surface area (Å²) in [4.78, 5) is 11.3. The lowest BCUT2D eigenvalue weighted by atomic mass is 9.92. The lowest BCUT2D eigenvalue weighted by Crippen LogP contribution is -2.47. The highest BCUT2D eigenvalue weighted by molar-refractivity contribution is 7.90. The van der Waals surface area contributed by atoms with E-state index in [-0.39, 0.29) is 12.1 Å². The lowest BCUT2D eigenvalue weighted by Gasteiger charge is -2.33. The topological polar surface area (TPSA) is 89.7 Å². The number of methoxy groups -OCH3 is 1. The minimum atomic E-state index is -3.65. The number of nitrogens with zero attached hydrogens (tertiary/aromatic N) is 1. The molecule has 1 fully saturated rings. The Labute approximate surface area is 109 Å². The summed E-state index contributed by atoms with van der Waals surface area (Å²) in [5, 5.41) is -1.16. The van der Waals surface area contributed by atoms with Crippen molar-refractivity contribution in [3.8, 4) is 0 Å². The Morgan fingerprint density at radius 3 is 2.28 bits per heavy atom. The molecule has 0 aromatic carbocycles. The average molecular weight is 278 g/mol. The quantitative estimate of drug-likeness (QED) is 0.736. The number of ether oxygens (including phenoxy) is 1. The summed E-state index contributed by atoms with van der Waals surface area (Å²) in [6, 6.07) is 0.0947. The van der Waals surface area contributed by atoms with Gasteiger partial charge in [0.15, 0.2) is 5.25 Å². The van der Waals surface area contributed by atoms with Crippen molar-refractivity contribution in [1.82, 2.24) is 4.31 Å². The van der Waals surface area contributed by atoms with Gasteiger partial charge in [0, 0.05) is 19.1 Å². The predicted octanol–water partition coefficient (Wildman–Crippen LogP) is 0.0794. The molecule has 0 saturated heterocycles. The van der Waals surface area contributed by atoms with Crippen molar-refractivity contribution in [2.24, 2.45) is 5.73 Å². The molecule has 7 heteroatoms. The zero-order chi connectivity index (χ0) is 13.9. The van der Waals surface area contributed by atoms with Crippen LogP contribution in [0.3, 0.4) is 0 Å². The SMILES string of the molecule is COC(=O)C(C)S(=O)(=O)N(C)C1CCC(N)CC1. The molecule has 1 atom stereocenters. The lowest BCUT2D eigenvalue weighted by molar-refractivity contribution is -0.139. The van der Waals surface area contributed by atoms with E-state index in [0.717, 1.165) is 25.7 Å². The van der Waals surface area contributed by atoms with Gasteiger partial charge in [0.2, 0.25) is 10.0 Å². The standard InChI is InChI=1S/C11H22N2O4S/c1-8(11(14)17-3)18(15,16)13(2)10-6-4-9(12)5-7-10/h8-10H,4-7,12H2,1-3H3. The van der Waals surface area contributed by atoms with E-state index in [1.165, 1.54) is 25.4 Å². The van der Waals surface area contributed by atoms with Gasteiger partial charge in [-0.05, 0) is 32.6 Å². The average Bonchev–Trinajstić information content (AvgIpc) is 2.36. The van der Waals surface area contributed by atoms with Crippen LogP contribution in [0.15, 0.2) is 0 Å². The Morgan fingerprint density at radius 1 is 1.33 bits per heavy atom. The van der Waals surface area contributed by atoms with Crippen molar-refractivity contribution < 1.29 is 17.9 Å². The molecule has 0 spiro atoms. The van der Waals surface area contributed by atoms with Crippen LogP contribution in [0.25, 0.3) is 0 Å². The normalized spacial score (nSPS) is 26.9. The molecule has 1 aliphatic carbocycles. The second kappa shape index (κ2) is 5.99. The Kier molecular flexibility index (Phi) is 5.12. The van der Waals surface area contributed by atoms with E-state index in [9.17, 15) is 13.2 Å². The number of sulfonamides is 1. The van der Waals surface area contributed by atoms with Gasteiger partial charge in [-0.1, -0.05) is 0 Å². The number of nitrogens with two attached hydrogens (primary N) is 1. The second-order valence-corrected chi connectivity index (χ2v) is 7.11. The Morgan fingerprint density at radius 2 is 1.83 bits per heavy atom. The molecule has 18 heavy (non-hydrogen) atoms. The van der Waals surface area contributed by atoms with E-state index >= 15 is 0 Å². The van der Waals surface area contributed by atoms with Crippen LogP contribution in [0.5, 0.6) is 0 Å². The third-order valence-electron chi connectivity index (χ3n) is 3.64. The minimum Gasteiger partial charge on any atom is -0.468 e. The first kappa shape index (κ1) is 15.4. The maximum Gasteiger partial charge on any atom is 0.325 e. The molecule has 106 valence electrons. The second-order valence-electron chi connectivity index (χ2n) is 4.80. The monoisotopic (exact) mass is 278 g/mol. The molecule has 1 saturated carbocycles. The zero-order valence-corrected chi connectivity index (χ0v) is 11.9. The minimum absolute atomic E-state index is 0.0677. The summed E-state index contributed by atoms with van der Waals surface area (Å²) in [7, 11) is -0.937. The summed E-state index contributed by atoms with van der Waals surface area (Å²) in [6.45, 7) is 1.35. The van der Waals surface area contributed by atoms with Crippen LogP contribution in [0.1, 0.15) is 32.6 Å². The first-order valence-corrected chi connectivity index (χ1v) is 7.61. The smallest absolute Gasteiger partial charge is 0.325 e. The molecule has 2 N–H and O–H groups in total. The molecule has 1 rings (SSSR count). The molecule has 1 unspecified atom stereocenters. The largest absolute Gasteiger partial charge is 0.468 e. The summed E-state index contributed by atoms with van der Waals surface area (Å²) < 4.78 is 30.2. The first-order valence-electron chi connectivity index (χ1n) is 6.11. The fraction of sp³-hybridized carbons (Fsp3) is 0.909. The van der Waals surface area contributed by atoms with Crippen LogP contribution in [0.2, 0.25) is 0 Å². The fourth-order valence-electron chi connectivity index (χ4n) is 2.21. The number of hydrogen-bond donors (Lipinski definition) is 1. The molecule has 0 aromatic heterocycles.